The lowest BCUT2D eigenvalue weighted by atomic mass is 10.3. The van der Waals surface area contributed by atoms with Gasteiger partial charge in [0.25, 0.3) is 0 Å². The standard InChI is InChI=1S/C10H6BrClF3N3S/c1-5(11)4-19-9-17-16-8-7(12)2-6(3-18(8)9)10(13,14)15/h2-3H,1,4H2. The Hall–Kier alpha value is -0.730. The molecule has 0 unspecified atom stereocenters. The summed E-state index contributed by atoms with van der Waals surface area (Å²) in [5, 5.41) is 7.81. The van der Waals surface area contributed by atoms with Crippen LogP contribution in [0.25, 0.3) is 5.65 Å². The molecule has 102 valence electrons. The Bertz CT molecular complexity index is 641. The molecule has 2 rings (SSSR count). The van der Waals surface area contributed by atoms with Crippen molar-refractivity contribution in [3.05, 3.63) is 33.9 Å². The molecule has 9 heteroatoms. The number of alkyl halides is 3. The van der Waals surface area contributed by atoms with Crippen LogP contribution in [0.3, 0.4) is 0 Å². The molecule has 19 heavy (non-hydrogen) atoms. The number of fused-ring (bicyclic) bond motifs is 1. The highest BCUT2D eigenvalue weighted by atomic mass is 79.9. The van der Waals surface area contributed by atoms with Crippen molar-refractivity contribution < 1.29 is 13.2 Å². The zero-order valence-corrected chi connectivity index (χ0v) is 12.4. The maximum Gasteiger partial charge on any atom is 0.417 e. The Morgan fingerprint density at radius 2 is 2.16 bits per heavy atom. The third-order valence-electron chi connectivity index (χ3n) is 2.11. The van der Waals surface area contributed by atoms with E-state index < -0.39 is 11.7 Å². The minimum Gasteiger partial charge on any atom is -0.276 e. The summed E-state index contributed by atoms with van der Waals surface area (Å²) < 4.78 is 40.0. The van der Waals surface area contributed by atoms with Gasteiger partial charge in [-0.05, 0) is 10.5 Å². The molecule has 0 bridgehead atoms. The fraction of sp³-hybridized carbons (Fsp3) is 0.200. The van der Waals surface area contributed by atoms with E-state index in [2.05, 4.69) is 32.7 Å². The molecule has 0 aliphatic heterocycles. The summed E-state index contributed by atoms with van der Waals surface area (Å²) in [5.74, 6) is 0.467. The normalized spacial score (nSPS) is 12.1. The molecule has 2 aromatic heterocycles. The maximum atomic E-state index is 12.7. The predicted octanol–water partition coefficient (Wildman–Crippen LogP) is 4.40. The first-order chi connectivity index (χ1) is 8.79. The highest BCUT2D eigenvalue weighted by Crippen LogP contribution is 2.33. The lowest BCUT2D eigenvalue weighted by molar-refractivity contribution is -0.137. The van der Waals surface area contributed by atoms with Crippen molar-refractivity contribution in [2.24, 2.45) is 0 Å². The fourth-order valence-corrected chi connectivity index (χ4v) is 2.58. The molecule has 0 saturated heterocycles. The molecule has 0 fully saturated rings. The zero-order valence-electron chi connectivity index (χ0n) is 9.21. The quantitative estimate of drug-likeness (QED) is 0.748. The molecular weight excluding hydrogens is 367 g/mol. The molecule has 0 N–H and O–H groups in total. The van der Waals surface area contributed by atoms with Gasteiger partial charge in [-0.3, -0.25) is 4.40 Å². The first-order valence-corrected chi connectivity index (χ1v) is 7.02. The molecular formula is C10H6BrClF3N3S. The average Bonchev–Trinajstić information content (AvgIpc) is 2.68. The number of halogens is 5. The van der Waals surface area contributed by atoms with Gasteiger partial charge in [-0.2, -0.15) is 13.2 Å². The van der Waals surface area contributed by atoms with Crippen molar-refractivity contribution >= 4 is 44.9 Å². The maximum absolute atomic E-state index is 12.7. The van der Waals surface area contributed by atoms with Crippen LogP contribution < -0.4 is 0 Å². The molecule has 0 amide bonds. The average molecular weight is 373 g/mol. The van der Waals surface area contributed by atoms with Gasteiger partial charge in [-0.1, -0.05) is 45.9 Å². The van der Waals surface area contributed by atoms with Crippen molar-refractivity contribution in [1.29, 1.82) is 0 Å². The smallest absolute Gasteiger partial charge is 0.276 e. The molecule has 0 saturated carbocycles. The summed E-state index contributed by atoms with van der Waals surface area (Å²) in [6.07, 6.45) is -3.54. The Morgan fingerprint density at radius 1 is 1.47 bits per heavy atom. The molecule has 0 spiro atoms. The van der Waals surface area contributed by atoms with Gasteiger partial charge in [0.15, 0.2) is 10.8 Å². The van der Waals surface area contributed by atoms with Crippen molar-refractivity contribution in [2.45, 2.75) is 11.3 Å². The van der Waals surface area contributed by atoms with Crippen LogP contribution in [0.4, 0.5) is 13.2 Å². The summed E-state index contributed by atoms with van der Waals surface area (Å²) in [5.41, 5.74) is -0.651. The molecule has 3 nitrogen and oxygen atoms in total. The zero-order chi connectivity index (χ0) is 14.2. The van der Waals surface area contributed by atoms with Gasteiger partial charge in [0.1, 0.15) is 0 Å². The fourth-order valence-electron chi connectivity index (χ4n) is 1.33. The molecule has 0 aromatic carbocycles. The molecule has 0 atom stereocenters. The first kappa shape index (κ1) is 14.7. The van der Waals surface area contributed by atoms with Crippen LogP contribution in [0, 0.1) is 0 Å². The Morgan fingerprint density at radius 3 is 2.74 bits per heavy atom. The van der Waals surface area contributed by atoms with Gasteiger partial charge in [-0.25, -0.2) is 0 Å². The van der Waals surface area contributed by atoms with Crippen LogP contribution in [0.5, 0.6) is 0 Å². The minimum absolute atomic E-state index is 0.0909. The summed E-state index contributed by atoms with van der Waals surface area (Å²) in [6.45, 7) is 3.64. The van der Waals surface area contributed by atoms with E-state index in [1.807, 2.05) is 0 Å². The first-order valence-electron chi connectivity index (χ1n) is 4.86. The highest BCUT2D eigenvalue weighted by molar-refractivity contribution is 9.11. The van der Waals surface area contributed by atoms with Crippen LogP contribution in [0.15, 0.2) is 28.5 Å². The van der Waals surface area contributed by atoms with Crippen molar-refractivity contribution in [3.63, 3.8) is 0 Å². The molecule has 2 heterocycles. The Labute approximate surface area is 124 Å². The third kappa shape index (κ3) is 3.24. The third-order valence-corrected chi connectivity index (χ3v) is 4.07. The summed E-state index contributed by atoms with van der Waals surface area (Å²) in [4.78, 5) is 0. The van der Waals surface area contributed by atoms with E-state index in [0.717, 1.165) is 12.3 Å². The van der Waals surface area contributed by atoms with E-state index in [0.29, 0.717) is 15.4 Å². The van der Waals surface area contributed by atoms with Gasteiger partial charge in [-0.15, -0.1) is 10.2 Å². The lowest BCUT2D eigenvalue weighted by Gasteiger charge is -2.08. The lowest BCUT2D eigenvalue weighted by Crippen LogP contribution is -2.07. The number of thioether (sulfide) groups is 1. The number of nitrogens with zero attached hydrogens (tertiary/aromatic N) is 3. The van der Waals surface area contributed by atoms with Crippen molar-refractivity contribution in [1.82, 2.24) is 14.6 Å². The number of aromatic nitrogens is 3. The van der Waals surface area contributed by atoms with E-state index in [1.165, 1.54) is 16.2 Å². The molecule has 0 aliphatic rings. The SMILES string of the molecule is C=C(Br)CSc1nnc2c(Cl)cc(C(F)(F)F)cn12. The van der Waals surface area contributed by atoms with E-state index in [-0.39, 0.29) is 10.7 Å². The second kappa shape index (κ2) is 5.34. The van der Waals surface area contributed by atoms with E-state index in [9.17, 15) is 13.2 Å². The van der Waals surface area contributed by atoms with E-state index in [4.69, 9.17) is 11.6 Å². The summed E-state index contributed by atoms with van der Waals surface area (Å²) in [7, 11) is 0. The number of hydrogen-bond acceptors (Lipinski definition) is 3. The Kier molecular flexibility index (Phi) is 4.12. The van der Waals surface area contributed by atoms with Crippen LogP contribution in [0.2, 0.25) is 5.02 Å². The topological polar surface area (TPSA) is 30.2 Å². The van der Waals surface area contributed by atoms with Crippen molar-refractivity contribution in [3.8, 4) is 0 Å². The van der Waals surface area contributed by atoms with Gasteiger partial charge in [0.2, 0.25) is 0 Å². The Balaban J connectivity index is 2.50. The summed E-state index contributed by atoms with van der Waals surface area (Å²) >= 11 is 10.2. The highest BCUT2D eigenvalue weighted by Gasteiger charge is 2.32. The molecule has 0 radical (unpaired) electrons. The number of pyridine rings is 1. The second-order valence-corrected chi connectivity index (χ2v) is 6.03. The van der Waals surface area contributed by atoms with Gasteiger partial charge in [0, 0.05) is 11.9 Å². The number of rotatable bonds is 3. The second-order valence-electron chi connectivity index (χ2n) is 3.56. The van der Waals surface area contributed by atoms with Gasteiger partial charge >= 0.3 is 6.18 Å². The number of hydrogen-bond donors (Lipinski definition) is 0. The van der Waals surface area contributed by atoms with Crippen LogP contribution in [-0.4, -0.2) is 20.4 Å². The predicted molar refractivity (Wildman–Crippen MR) is 71.8 cm³/mol. The summed E-state index contributed by atoms with van der Waals surface area (Å²) in [6, 6.07) is 0.837. The van der Waals surface area contributed by atoms with Crippen molar-refractivity contribution in [2.75, 3.05) is 5.75 Å². The van der Waals surface area contributed by atoms with E-state index in [1.54, 1.807) is 0 Å². The largest absolute Gasteiger partial charge is 0.417 e. The molecule has 2 aromatic rings. The van der Waals surface area contributed by atoms with Gasteiger partial charge < -0.3 is 0 Å². The van der Waals surface area contributed by atoms with Gasteiger partial charge in [0.05, 0.1) is 10.6 Å². The van der Waals surface area contributed by atoms with E-state index >= 15 is 0 Å². The minimum atomic E-state index is -4.47. The van der Waals surface area contributed by atoms with Crippen LogP contribution in [-0.2, 0) is 6.18 Å². The monoisotopic (exact) mass is 371 g/mol. The van der Waals surface area contributed by atoms with Crippen LogP contribution >= 0.6 is 39.3 Å². The molecule has 0 aliphatic carbocycles. The van der Waals surface area contributed by atoms with Crippen LogP contribution in [0.1, 0.15) is 5.56 Å².